The molecule has 3 nitrogen and oxygen atoms in total. The maximum absolute atomic E-state index is 5.82. The summed E-state index contributed by atoms with van der Waals surface area (Å²) in [4.78, 5) is 1.11. The van der Waals surface area contributed by atoms with Gasteiger partial charge in [0.15, 0.2) is 5.82 Å². The maximum atomic E-state index is 5.82. The first-order chi connectivity index (χ1) is 8.70. The Balaban J connectivity index is 1.75. The molecule has 0 saturated heterocycles. The molecule has 0 aromatic carbocycles. The SMILES string of the molecule is CSc1c(N)nsc1NCCC1CCC(C)CC1. The highest BCUT2D eigenvalue weighted by molar-refractivity contribution is 7.99. The second-order valence-corrected chi connectivity index (χ2v) is 6.86. The molecule has 18 heavy (non-hydrogen) atoms. The first-order valence-electron chi connectivity index (χ1n) is 6.73. The van der Waals surface area contributed by atoms with Crippen LogP contribution in [-0.4, -0.2) is 17.2 Å². The Labute approximate surface area is 118 Å². The van der Waals surface area contributed by atoms with E-state index in [1.165, 1.54) is 43.6 Å². The van der Waals surface area contributed by atoms with Crippen molar-refractivity contribution in [3.05, 3.63) is 0 Å². The number of hydrogen-bond acceptors (Lipinski definition) is 5. The molecule has 1 aliphatic rings. The van der Waals surface area contributed by atoms with Crippen molar-refractivity contribution in [1.29, 1.82) is 0 Å². The standard InChI is InChI=1S/C13H23N3S2/c1-9-3-5-10(6-4-9)7-8-15-13-11(17-2)12(14)16-18-13/h9-10,15H,3-8H2,1-2H3,(H2,14,16). The van der Waals surface area contributed by atoms with E-state index in [1.807, 2.05) is 6.26 Å². The molecule has 1 aliphatic carbocycles. The van der Waals surface area contributed by atoms with Crippen molar-refractivity contribution in [2.24, 2.45) is 11.8 Å². The van der Waals surface area contributed by atoms with Gasteiger partial charge in [-0.25, -0.2) is 0 Å². The molecular weight excluding hydrogens is 262 g/mol. The number of nitrogens with two attached hydrogens (primary N) is 1. The molecule has 0 aliphatic heterocycles. The lowest BCUT2D eigenvalue weighted by Crippen LogP contribution is -2.15. The summed E-state index contributed by atoms with van der Waals surface area (Å²) in [5, 5.41) is 4.64. The number of rotatable bonds is 5. The van der Waals surface area contributed by atoms with Gasteiger partial charge in [-0.1, -0.05) is 32.6 Å². The molecule has 1 aromatic heterocycles. The van der Waals surface area contributed by atoms with Gasteiger partial charge in [-0.15, -0.1) is 11.8 Å². The first kappa shape index (κ1) is 14.0. The Hall–Kier alpha value is -0.420. The molecule has 102 valence electrons. The van der Waals surface area contributed by atoms with Crippen LogP contribution in [0.25, 0.3) is 0 Å². The van der Waals surface area contributed by atoms with Crippen molar-refractivity contribution in [2.75, 3.05) is 23.9 Å². The molecule has 1 fully saturated rings. The van der Waals surface area contributed by atoms with E-state index >= 15 is 0 Å². The third-order valence-corrected chi connectivity index (χ3v) is 5.62. The van der Waals surface area contributed by atoms with Gasteiger partial charge in [0.05, 0.1) is 4.90 Å². The van der Waals surface area contributed by atoms with E-state index in [-0.39, 0.29) is 0 Å². The highest BCUT2D eigenvalue weighted by atomic mass is 32.2. The number of nitrogen functional groups attached to an aromatic ring is 1. The zero-order valence-corrected chi connectivity index (χ0v) is 12.9. The summed E-state index contributed by atoms with van der Waals surface area (Å²) in [5.74, 6) is 2.52. The van der Waals surface area contributed by atoms with E-state index < -0.39 is 0 Å². The van der Waals surface area contributed by atoms with Gasteiger partial charge in [-0.2, -0.15) is 4.37 Å². The van der Waals surface area contributed by atoms with Gasteiger partial charge in [0.1, 0.15) is 5.00 Å². The van der Waals surface area contributed by atoms with Crippen LogP contribution in [-0.2, 0) is 0 Å². The number of anilines is 2. The lowest BCUT2D eigenvalue weighted by atomic mass is 9.81. The topological polar surface area (TPSA) is 50.9 Å². The van der Waals surface area contributed by atoms with Crippen LogP contribution in [0.5, 0.6) is 0 Å². The molecule has 0 radical (unpaired) electrons. The minimum Gasteiger partial charge on any atom is -0.382 e. The van der Waals surface area contributed by atoms with Gasteiger partial charge in [0.25, 0.3) is 0 Å². The van der Waals surface area contributed by atoms with E-state index in [1.54, 1.807) is 11.8 Å². The number of nitrogens with zero attached hydrogens (tertiary/aromatic N) is 1. The predicted molar refractivity (Wildman–Crippen MR) is 82.5 cm³/mol. The van der Waals surface area contributed by atoms with E-state index in [0.29, 0.717) is 5.82 Å². The van der Waals surface area contributed by atoms with Crippen molar-refractivity contribution >= 4 is 34.1 Å². The summed E-state index contributed by atoms with van der Waals surface area (Å²) >= 11 is 3.16. The Morgan fingerprint density at radius 1 is 1.39 bits per heavy atom. The van der Waals surface area contributed by atoms with Gasteiger partial charge in [-0.3, -0.25) is 0 Å². The molecule has 5 heteroatoms. The summed E-state index contributed by atoms with van der Waals surface area (Å²) in [7, 11) is 0. The van der Waals surface area contributed by atoms with Gasteiger partial charge >= 0.3 is 0 Å². The summed E-state index contributed by atoms with van der Waals surface area (Å²) in [6, 6.07) is 0. The van der Waals surface area contributed by atoms with Crippen molar-refractivity contribution in [3.63, 3.8) is 0 Å². The number of thioether (sulfide) groups is 1. The van der Waals surface area contributed by atoms with Crippen LogP contribution in [0.4, 0.5) is 10.8 Å². The summed E-state index contributed by atoms with van der Waals surface area (Å²) in [6.45, 7) is 3.42. The normalized spacial score (nSPS) is 24.1. The third kappa shape index (κ3) is 3.54. The van der Waals surface area contributed by atoms with Crippen LogP contribution in [0.2, 0.25) is 0 Å². The maximum Gasteiger partial charge on any atom is 0.153 e. The zero-order valence-electron chi connectivity index (χ0n) is 11.2. The van der Waals surface area contributed by atoms with Crippen LogP contribution in [0.3, 0.4) is 0 Å². The van der Waals surface area contributed by atoms with Crippen LogP contribution in [0.15, 0.2) is 4.90 Å². The molecule has 0 amide bonds. The van der Waals surface area contributed by atoms with E-state index in [2.05, 4.69) is 16.6 Å². The van der Waals surface area contributed by atoms with E-state index in [0.717, 1.165) is 28.3 Å². The van der Waals surface area contributed by atoms with Crippen LogP contribution >= 0.6 is 23.3 Å². The predicted octanol–water partition coefficient (Wildman–Crippen LogP) is 4.08. The Morgan fingerprint density at radius 3 is 2.78 bits per heavy atom. The number of hydrogen-bond donors (Lipinski definition) is 2. The fourth-order valence-electron chi connectivity index (χ4n) is 2.61. The van der Waals surface area contributed by atoms with E-state index in [9.17, 15) is 0 Å². The molecule has 3 N–H and O–H groups in total. The average Bonchev–Trinajstić information content (AvgIpc) is 2.72. The summed E-state index contributed by atoms with van der Waals surface area (Å²) in [6.07, 6.45) is 8.96. The van der Waals surface area contributed by atoms with Crippen molar-refractivity contribution < 1.29 is 0 Å². The molecular formula is C13H23N3S2. The van der Waals surface area contributed by atoms with Crippen molar-refractivity contribution in [3.8, 4) is 0 Å². The van der Waals surface area contributed by atoms with Gasteiger partial charge in [-0.05, 0) is 36.0 Å². The second kappa shape index (κ2) is 6.66. The lowest BCUT2D eigenvalue weighted by Gasteiger charge is -2.26. The monoisotopic (exact) mass is 285 g/mol. The number of nitrogens with one attached hydrogen (secondary N) is 1. The van der Waals surface area contributed by atoms with Crippen molar-refractivity contribution in [1.82, 2.24) is 4.37 Å². The third-order valence-electron chi connectivity index (χ3n) is 3.85. The molecule has 0 atom stereocenters. The van der Waals surface area contributed by atoms with Gasteiger partial charge in [0, 0.05) is 6.54 Å². The fraction of sp³-hybridized carbons (Fsp3) is 0.769. The minimum atomic E-state index is 0.668. The molecule has 2 rings (SSSR count). The van der Waals surface area contributed by atoms with Crippen molar-refractivity contribution in [2.45, 2.75) is 43.9 Å². The summed E-state index contributed by atoms with van der Waals surface area (Å²) in [5.41, 5.74) is 5.82. The second-order valence-electron chi connectivity index (χ2n) is 5.27. The smallest absolute Gasteiger partial charge is 0.153 e. The molecule has 0 spiro atoms. The molecule has 0 unspecified atom stereocenters. The van der Waals surface area contributed by atoms with Crippen LogP contribution < -0.4 is 11.1 Å². The minimum absolute atomic E-state index is 0.668. The molecule has 1 saturated carbocycles. The Bertz CT molecular complexity index is 370. The average molecular weight is 285 g/mol. The van der Waals surface area contributed by atoms with Gasteiger partial charge < -0.3 is 11.1 Å². The fourth-order valence-corrected chi connectivity index (χ4v) is 4.18. The number of aromatic nitrogens is 1. The highest BCUT2D eigenvalue weighted by Crippen LogP contribution is 2.35. The Morgan fingerprint density at radius 2 is 2.11 bits per heavy atom. The molecule has 1 heterocycles. The lowest BCUT2D eigenvalue weighted by molar-refractivity contribution is 0.282. The summed E-state index contributed by atoms with van der Waals surface area (Å²) < 4.78 is 4.20. The van der Waals surface area contributed by atoms with E-state index in [4.69, 9.17) is 5.73 Å². The van der Waals surface area contributed by atoms with Crippen LogP contribution in [0.1, 0.15) is 39.0 Å². The van der Waals surface area contributed by atoms with Crippen LogP contribution in [0, 0.1) is 11.8 Å². The van der Waals surface area contributed by atoms with Gasteiger partial charge in [0.2, 0.25) is 0 Å². The largest absolute Gasteiger partial charge is 0.382 e. The zero-order chi connectivity index (χ0) is 13.0. The quantitative estimate of drug-likeness (QED) is 0.801. The Kier molecular flexibility index (Phi) is 5.18. The molecule has 0 bridgehead atoms. The first-order valence-corrected chi connectivity index (χ1v) is 8.73. The molecule has 1 aromatic rings. The highest BCUT2D eigenvalue weighted by Gasteiger charge is 2.18.